The van der Waals surface area contributed by atoms with Crippen molar-refractivity contribution < 1.29 is 10.0 Å². The highest BCUT2D eigenvalue weighted by Crippen LogP contribution is 2.75. The summed E-state index contributed by atoms with van der Waals surface area (Å²) < 4.78 is 0. The second-order valence-corrected chi connectivity index (χ2v) is 17.4. The highest BCUT2D eigenvalue weighted by atomic mass is 16.4. The number of hydrogen-bond donors (Lipinski definition) is 1. The van der Waals surface area contributed by atoms with Gasteiger partial charge in [-0.1, -0.05) is 72.2 Å². The summed E-state index contributed by atoms with van der Waals surface area (Å²) in [5.41, 5.74) is 3.31. The molecule has 6 aliphatic rings. The molecule has 0 bridgehead atoms. The number of carbonyl (C=O) groups excluding carboxylic acids is 1. The molecule has 230 valence electrons. The van der Waals surface area contributed by atoms with Crippen LogP contribution < -0.4 is 0 Å². The van der Waals surface area contributed by atoms with Crippen LogP contribution in [0.2, 0.25) is 0 Å². The first-order chi connectivity index (χ1) is 19.2. The summed E-state index contributed by atoms with van der Waals surface area (Å²) >= 11 is 0. The fourth-order valence-electron chi connectivity index (χ4n) is 12.2. The number of fused-ring (bicyclic) bond motifs is 7. The number of nitrogens with zero attached hydrogens (tertiary/aromatic N) is 3. The van der Waals surface area contributed by atoms with E-state index in [0.717, 1.165) is 89.8 Å². The molecule has 4 saturated carbocycles. The third kappa shape index (κ3) is 4.02. The summed E-state index contributed by atoms with van der Waals surface area (Å²) in [4.78, 5) is 19.4. The Balaban J connectivity index is 1.38. The van der Waals surface area contributed by atoms with E-state index < -0.39 is 0 Å². The molecule has 0 radical (unpaired) electrons. The van der Waals surface area contributed by atoms with Crippen LogP contribution in [0, 0.1) is 50.2 Å². The Bertz CT molecular complexity index is 1130. The normalized spacial score (nSPS) is 46.5. The van der Waals surface area contributed by atoms with Crippen LogP contribution in [0.1, 0.15) is 120 Å². The summed E-state index contributed by atoms with van der Waals surface area (Å²) in [5, 5.41) is 13.7. The molecule has 5 heteroatoms. The van der Waals surface area contributed by atoms with E-state index in [1.165, 1.54) is 12.8 Å². The molecule has 5 fully saturated rings. The second kappa shape index (κ2) is 9.57. The molecule has 1 amide bonds. The van der Waals surface area contributed by atoms with Crippen molar-refractivity contribution in [3.8, 4) is 0 Å². The van der Waals surface area contributed by atoms with Crippen LogP contribution in [0.5, 0.6) is 0 Å². The molecule has 0 aromatic rings. The topological polar surface area (TPSA) is 56.1 Å². The molecule has 1 saturated heterocycles. The molecule has 0 aromatic heterocycles. The first-order valence-corrected chi connectivity index (χ1v) is 17.1. The standard InChI is InChI=1S/C36H59N3O2/c1-9-38-20-22-39(23-21-38)30(40)36-18-16-31(2,3)24-26(36)25-10-11-28-33(6)14-13-29(37-41)32(4,5)27(33)12-15-35(28,8)34(25,7)17-19-36/h10,26-28,41H,9,11-24H2,1-8H3/b37-29-/t26-,27-,28+,33-,34+,35+,36-/m0/s1. The maximum atomic E-state index is 14.7. The van der Waals surface area contributed by atoms with Crippen LogP contribution >= 0.6 is 0 Å². The molecule has 1 N–H and O–H groups in total. The first-order valence-electron chi connectivity index (χ1n) is 17.1. The van der Waals surface area contributed by atoms with E-state index in [0.29, 0.717) is 23.7 Å². The Morgan fingerprint density at radius 3 is 2.27 bits per heavy atom. The molecule has 0 aromatic carbocycles. The minimum Gasteiger partial charge on any atom is -0.411 e. The lowest BCUT2D eigenvalue weighted by Gasteiger charge is -2.71. The maximum absolute atomic E-state index is 14.7. The SMILES string of the molecule is CCN1CCN(C(=O)[C@]23CCC(C)(C)C[C@H]2C2=CC[C@@H]4[C@@]5(C)CC/C(=N/O)C(C)(C)[C@@H]5CC[C@@]4(C)[C@]2(C)CC3)CC1. The number of piperazine rings is 1. The molecule has 0 spiro atoms. The van der Waals surface area contributed by atoms with Gasteiger partial charge in [-0.2, -0.15) is 0 Å². The zero-order valence-corrected chi connectivity index (χ0v) is 27.6. The lowest BCUT2D eigenvalue weighted by atomic mass is 9.33. The fourth-order valence-corrected chi connectivity index (χ4v) is 12.2. The van der Waals surface area contributed by atoms with Crippen LogP contribution in [0.3, 0.4) is 0 Å². The average molecular weight is 566 g/mol. The summed E-state index contributed by atoms with van der Waals surface area (Å²) in [6, 6.07) is 0. The van der Waals surface area contributed by atoms with E-state index in [2.05, 4.69) is 76.4 Å². The van der Waals surface area contributed by atoms with Crippen molar-refractivity contribution in [1.82, 2.24) is 9.80 Å². The van der Waals surface area contributed by atoms with Crippen LogP contribution in [0.25, 0.3) is 0 Å². The van der Waals surface area contributed by atoms with Crippen molar-refractivity contribution in [1.29, 1.82) is 0 Å². The second-order valence-electron chi connectivity index (χ2n) is 17.4. The lowest BCUT2D eigenvalue weighted by Crippen LogP contribution is -2.65. The summed E-state index contributed by atoms with van der Waals surface area (Å²) in [6.07, 6.45) is 13.9. The van der Waals surface area contributed by atoms with Gasteiger partial charge in [0.25, 0.3) is 0 Å². The van der Waals surface area contributed by atoms with Crippen molar-refractivity contribution in [2.24, 2.45) is 55.4 Å². The first kappa shape index (κ1) is 29.7. The van der Waals surface area contributed by atoms with E-state index >= 15 is 0 Å². The Labute approximate surface area is 250 Å². The van der Waals surface area contributed by atoms with Crippen LogP contribution in [0.4, 0.5) is 0 Å². The molecule has 0 unspecified atom stereocenters. The summed E-state index contributed by atoms with van der Waals surface area (Å²) in [5.74, 6) is 2.04. The minimum absolute atomic E-state index is 0.0582. The van der Waals surface area contributed by atoms with Gasteiger partial charge in [-0.15, -0.1) is 0 Å². The lowest BCUT2D eigenvalue weighted by molar-refractivity contribution is -0.176. The van der Waals surface area contributed by atoms with Crippen LogP contribution in [-0.4, -0.2) is 59.3 Å². The number of likely N-dealkylation sites (N-methyl/N-ethyl adjacent to an activating group) is 1. The molecule has 41 heavy (non-hydrogen) atoms. The van der Waals surface area contributed by atoms with Gasteiger partial charge in [0.05, 0.1) is 11.1 Å². The Kier molecular flexibility index (Phi) is 6.93. The summed E-state index contributed by atoms with van der Waals surface area (Å²) in [6.45, 7) is 24.6. The molecule has 5 aliphatic carbocycles. The number of allylic oxidation sites excluding steroid dienone is 2. The van der Waals surface area contributed by atoms with E-state index in [9.17, 15) is 10.0 Å². The highest BCUT2D eigenvalue weighted by molar-refractivity contribution is 5.90. The van der Waals surface area contributed by atoms with Gasteiger partial charge in [0.2, 0.25) is 5.91 Å². The predicted octanol–water partition coefficient (Wildman–Crippen LogP) is 7.78. The monoisotopic (exact) mass is 565 g/mol. The zero-order chi connectivity index (χ0) is 29.6. The number of hydrogen-bond acceptors (Lipinski definition) is 4. The van der Waals surface area contributed by atoms with Gasteiger partial charge >= 0.3 is 0 Å². The van der Waals surface area contributed by atoms with Crippen molar-refractivity contribution >= 4 is 11.6 Å². The minimum atomic E-state index is -0.209. The maximum Gasteiger partial charge on any atom is 0.229 e. The van der Waals surface area contributed by atoms with Gasteiger partial charge in [0.1, 0.15) is 0 Å². The smallest absolute Gasteiger partial charge is 0.229 e. The van der Waals surface area contributed by atoms with Gasteiger partial charge in [-0.3, -0.25) is 4.79 Å². The third-order valence-electron chi connectivity index (χ3n) is 15.1. The molecular weight excluding hydrogens is 506 g/mol. The average Bonchev–Trinajstić information content (AvgIpc) is 2.92. The van der Waals surface area contributed by atoms with Crippen molar-refractivity contribution in [3.63, 3.8) is 0 Å². The third-order valence-corrected chi connectivity index (χ3v) is 15.1. The summed E-state index contributed by atoms with van der Waals surface area (Å²) in [7, 11) is 0. The van der Waals surface area contributed by atoms with Gasteiger partial charge < -0.3 is 15.0 Å². The van der Waals surface area contributed by atoms with E-state index in [-0.39, 0.29) is 32.5 Å². The Hall–Kier alpha value is -1.36. The van der Waals surface area contributed by atoms with Gasteiger partial charge in [-0.25, -0.2) is 0 Å². The van der Waals surface area contributed by atoms with Crippen LogP contribution in [0.15, 0.2) is 16.8 Å². The van der Waals surface area contributed by atoms with Crippen molar-refractivity contribution in [2.45, 2.75) is 120 Å². The Morgan fingerprint density at radius 2 is 1.61 bits per heavy atom. The van der Waals surface area contributed by atoms with Crippen molar-refractivity contribution in [3.05, 3.63) is 11.6 Å². The van der Waals surface area contributed by atoms with E-state index in [4.69, 9.17) is 0 Å². The van der Waals surface area contributed by atoms with E-state index in [1.807, 2.05) is 0 Å². The largest absolute Gasteiger partial charge is 0.411 e. The van der Waals surface area contributed by atoms with Gasteiger partial charge in [0, 0.05) is 31.6 Å². The number of oxime groups is 1. The zero-order valence-electron chi connectivity index (χ0n) is 27.6. The van der Waals surface area contributed by atoms with Gasteiger partial charge in [0.15, 0.2) is 0 Å². The molecule has 1 aliphatic heterocycles. The molecular formula is C36H59N3O2. The number of amides is 1. The van der Waals surface area contributed by atoms with Gasteiger partial charge in [-0.05, 0) is 110 Å². The number of rotatable bonds is 2. The Morgan fingerprint density at radius 1 is 0.927 bits per heavy atom. The van der Waals surface area contributed by atoms with E-state index in [1.54, 1.807) is 5.57 Å². The number of carbonyl (C=O) groups is 1. The van der Waals surface area contributed by atoms with Crippen LogP contribution in [-0.2, 0) is 4.79 Å². The molecule has 7 atom stereocenters. The molecule has 6 rings (SSSR count). The van der Waals surface area contributed by atoms with Crippen molar-refractivity contribution in [2.75, 3.05) is 32.7 Å². The highest BCUT2D eigenvalue weighted by Gasteiger charge is 2.69. The predicted molar refractivity (Wildman–Crippen MR) is 167 cm³/mol. The fraction of sp³-hybridized carbons (Fsp3) is 0.889. The molecule has 1 heterocycles. The quantitative estimate of drug-likeness (QED) is 0.211. The molecule has 5 nitrogen and oxygen atoms in total.